The Morgan fingerprint density at radius 1 is 1.31 bits per heavy atom. The maximum atomic E-state index is 5.05. The van der Waals surface area contributed by atoms with Gasteiger partial charge in [0.05, 0.1) is 19.2 Å². The molecule has 0 saturated heterocycles. The van der Waals surface area contributed by atoms with E-state index in [-0.39, 0.29) is 0 Å². The average molecular weight is 184 g/mol. The molecule has 0 aliphatic heterocycles. The summed E-state index contributed by atoms with van der Waals surface area (Å²) in [4.78, 5) is 0. The molecule has 0 unspecified atom stereocenters. The van der Waals surface area contributed by atoms with Gasteiger partial charge in [0.2, 0.25) is 0 Å². The van der Waals surface area contributed by atoms with Crippen molar-refractivity contribution in [3.05, 3.63) is 0 Å². The molecule has 2 heteroatoms. The van der Waals surface area contributed by atoms with Gasteiger partial charge in [0, 0.05) is 25.9 Å². The molecule has 2 aliphatic rings. The zero-order valence-electron chi connectivity index (χ0n) is 8.67. The van der Waals surface area contributed by atoms with E-state index in [4.69, 9.17) is 4.74 Å². The molecule has 0 heterocycles. The molecule has 0 spiro atoms. The van der Waals surface area contributed by atoms with Crippen molar-refractivity contribution >= 4 is 0 Å². The summed E-state index contributed by atoms with van der Waals surface area (Å²) in [5.41, 5.74) is 0. The van der Waals surface area contributed by atoms with E-state index < -0.39 is 0 Å². The third-order valence-electron chi connectivity index (χ3n) is 3.81. The average Bonchev–Trinajstić information content (AvgIpc) is 2.73. The molecule has 2 rings (SSSR count). The van der Waals surface area contributed by atoms with Crippen molar-refractivity contribution < 1.29 is 10.1 Å². The number of nitrogens with two attached hydrogens (primary N) is 1. The monoisotopic (exact) mass is 184 g/mol. The van der Waals surface area contributed by atoms with Gasteiger partial charge < -0.3 is 10.1 Å². The van der Waals surface area contributed by atoms with Gasteiger partial charge in [-0.25, -0.2) is 0 Å². The largest absolute Gasteiger partial charge is 0.384 e. The molecular weight excluding hydrogens is 162 g/mol. The van der Waals surface area contributed by atoms with Crippen molar-refractivity contribution in [3.63, 3.8) is 0 Å². The van der Waals surface area contributed by atoms with Crippen LogP contribution in [0.4, 0.5) is 0 Å². The SMILES string of the molecule is COCCC[NH2+][C@@H]1C[C@H]2CC[C@@H]1C2. The predicted octanol–water partition coefficient (Wildman–Crippen LogP) is 0.775. The molecule has 13 heavy (non-hydrogen) atoms. The fraction of sp³-hybridized carbons (Fsp3) is 1.00. The topological polar surface area (TPSA) is 25.8 Å². The number of hydrogen-bond donors (Lipinski definition) is 1. The highest BCUT2D eigenvalue weighted by Gasteiger charge is 2.41. The molecule has 2 fully saturated rings. The number of rotatable bonds is 5. The van der Waals surface area contributed by atoms with Crippen molar-refractivity contribution in [2.24, 2.45) is 11.8 Å². The van der Waals surface area contributed by atoms with Crippen molar-refractivity contribution in [3.8, 4) is 0 Å². The molecule has 2 N–H and O–H groups in total. The first-order valence-corrected chi connectivity index (χ1v) is 5.72. The molecule has 0 aromatic heterocycles. The number of fused-ring (bicyclic) bond motifs is 2. The number of ether oxygens (including phenoxy) is 1. The van der Waals surface area contributed by atoms with Gasteiger partial charge in [0.1, 0.15) is 0 Å². The lowest BCUT2D eigenvalue weighted by Gasteiger charge is -2.19. The summed E-state index contributed by atoms with van der Waals surface area (Å²) in [5, 5.41) is 2.57. The zero-order valence-corrected chi connectivity index (χ0v) is 8.67. The van der Waals surface area contributed by atoms with E-state index in [0.717, 1.165) is 24.5 Å². The van der Waals surface area contributed by atoms with Crippen molar-refractivity contribution in [2.45, 2.75) is 38.1 Å². The number of methoxy groups -OCH3 is 1. The number of quaternary nitrogens is 1. The Balaban J connectivity index is 1.60. The second-order valence-corrected chi connectivity index (χ2v) is 4.71. The second-order valence-electron chi connectivity index (χ2n) is 4.71. The molecule has 3 atom stereocenters. The summed E-state index contributed by atoms with van der Waals surface area (Å²) in [5.74, 6) is 2.15. The van der Waals surface area contributed by atoms with Crippen LogP contribution in [-0.2, 0) is 4.74 Å². The summed E-state index contributed by atoms with van der Waals surface area (Å²) in [6.07, 6.45) is 7.27. The first kappa shape index (κ1) is 9.47. The van der Waals surface area contributed by atoms with E-state index in [1.807, 2.05) is 0 Å². The molecule has 0 aromatic rings. The van der Waals surface area contributed by atoms with Gasteiger partial charge in [-0.15, -0.1) is 0 Å². The van der Waals surface area contributed by atoms with Crippen LogP contribution in [0, 0.1) is 11.8 Å². The van der Waals surface area contributed by atoms with Crippen molar-refractivity contribution in [2.75, 3.05) is 20.3 Å². The Morgan fingerprint density at radius 3 is 2.85 bits per heavy atom. The van der Waals surface area contributed by atoms with E-state index in [2.05, 4.69) is 5.32 Å². The molecule has 0 aromatic carbocycles. The van der Waals surface area contributed by atoms with Crippen LogP contribution in [0.15, 0.2) is 0 Å². The molecule has 2 nitrogen and oxygen atoms in total. The van der Waals surface area contributed by atoms with Crippen LogP contribution in [0.5, 0.6) is 0 Å². The molecule has 0 amide bonds. The standard InChI is InChI=1S/C11H21NO/c1-13-6-2-5-12-11-8-9-3-4-10(11)7-9/h9-12H,2-8H2,1H3/p+1/t9-,10+,11+/m0/s1. The number of hydrogen-bond acceptors (Lipinski definition) is 1. The first-order chi connectivity index (χ1) is 6.40. The summed E-state index contributed by atoms with van der Waals surface area (Å²) >= 11 is 0. The second kappa shape index (κ2) is 4.43. The third-order valence-corrected chi connectivity index (χ3v) is 3.81. The van der Waals surface area contributed by atoms with Gasteiger partial charge in [-0.2, -0.15) is 0 Å². The van der Waals surface area contributed by atoms with Gasteiger partial charge in [-0.1, -0.05) is 0 Å². The third kappa shape index (κ3) is 2.23. The molecule has 76 valence electrons. The van der Waals surface area contributed by atoms with Crippen molar-refractivity contribution in [1.29, 1.82) is 0 Å². The van der Waals surface area contributed by atoms with E-state index in [9.17, 15) is 0 Å². The van der Waals surface area contributed by atoms with E-state index in [1.54, 1.807) is 7.11 Å². The van der Waals surface area contributed by atoms with E-state index >= 15 is 0 Å². The molecule has 0 radical (unpaired) electrons. The fourth-order valence-electron chi connectivity index (χ4n) is 3.14. The van der Waals surface area contributed by atoms with Gasteiger partial charge in [-0.3, -0.25) is 0 Å². The smallest absolute Gasteiger partial charge is 0.0890 e. The van der Waals surface area contributed by atoms with Gasteiger partial charge >= 0.3 is 0 Å². The lowest BCUT2D eigenvalue weighted by molar-refractivity contribution is -0.695. The lowest BCUT2D eigenvalue weighted by atomic mass is 9.95. The van der Waals surface area contributed by atoms with Gasteiger partial charge in [0.25, 0.3) is 0 Å². The van der Waals surface area contributed by atoms with E-state index in [1.165, 1.54) is 38.6 Å². The van der Waals surface area contributed by atoms with Crippen LogP contribution in [0.3, 0.4) is 0 Å². The maximum Gasteiger partial charge on any atom is 0.0890 e. The molecule has 2 saturated carbocycles. The first-order valence-electron chi connectivity index (χ1n) is 5.72. The minimum atomic E-state index is 0.928. The lowest BCUT2D eigenvalue weighted by Crippen LogP contribution is -2.91. The molecule has 2 aliphatic carbocycles. The fourth-order valence-corrected chi connectivity index (χ4v) is 3.14. The summed E-state index contributed by atoms with van der Waals surface area (Å²) in [6.45, 7) is 2.19. The quantitative estimate of drug-likeness (QED) is 0.628. The predicted molar refractivity (Wildman–Crippen MR) is 52.5 cm³/mol. The summed E-state index contributed by atoms with van der Waals surface area (Å²) in [6, 6.07) is 0.968. The minimum absolute atomic E-state index is 0.928. The summed E-state index contributed by atoms with van der Waals surface area (Å²) < 4.78 is 5.05. The highest BCUT2D eigenvalue weighted by atomic mass is 16.5. The zero-order chi connectivity index (χ0) is 9.10. The minimum Gasteiger partial charge on any atom is -0.384 e. The van der Waals surface area contributed by atoms with E-state index in [0.29, 0.717) is 0 Å². The van der Waals surface area contributed by atoms with Gasteiger partial charge in [-0.05, 0) is 25.2 Å². The Labute approximate surface area is 81.0 Å². The molecular formula is C11H22NO+. The highest BCUT2D eigenvalue weighted by Crippen LogP contribution is 2.42. The normalized spacial score (nSPS) is 37.2. The Bertz CT molecular complexity index is 160. The van der Waals surface area contributed by atoms with Crippen molar-refractivity contribution in [1.82, 2.24) is 0 Å². The van der Waals surface area contributed by atoms with Crippen LogP contribution in [0.2, 0.25) is 0 Å². The Hall–Kier alpha value is -0.0800. The van der Waals surface area contributed by atoms with Gasteiger partial charge in [0.15, 0.2) is 0 Å². The summed E-state index contributed by atoms with van der Waals surface area (Å²) in [7, 11) is 1.79. The van der Waals surface area contributed by atoms with Crippen LogP contribution in [0.25, 0.3) is 0 Å². The Morgan fingerprint density at radius 2 is 2.23 bits per heavy atom. The van der Waals surface area contributed by atoms with Crippen LogP contribution >= 0.6 is 0 Å². The van der Waals surface area contributed by atoms with Crippen LogP contribution in [0.1, 0.15) is 32.1 Å². The van der Waals surface area contributed by atoms with Crippen LogP contribution < -0.4 is 5.32 Å². The highest BCUT2D eigenvalue weighted by molar-refractivity contribution is 4.89. The Kier molecular flexibility index (Phi) is 3.23. The molecule has 2 bridgehead atoms. The maximum absolute atomic E-state index is 5.05. The van der Waals surface area contributed by atoms with Crippen LogP contribution in [-0.4, -0.2) is 26.3 Å².